The summed E-state index contributed by atoms with van der Waals surface area (Å²) in [7, 11) is 1.82. The first-order valence-corrected chi connectivity index (χ1v) is 6.47. The number of anilines is 3. The Labute approximate surface area is 109 Å². The molecule has 2 N–H and O–H groups in total. The maximum Gasteiger partial charge on any atom is 0.151 e. The Morgan fingerprint density at radius 1 is 1.11 bits per heavy atom. The molecule has 0 unspecified atom stereocenters. The number of thiophene rings is 1. The van der Waals surface area contributed by atoms with Gasteiger partial charge in [0.05, 0.1) is 12.4 Å². The molecule has 1 aromatic carbocycles. The van der Waals surface area contributed by atoms with Crippen molar-refractivity contribution in [2.24, 2.45) is 0 Å². The van der Waals surface area contributed by atoms with Crippen LogP contribution in [0.15, 0.2) is 42.0 Å². The lowest BCUT2D eigenvalue weighted by Gasteiger charge is -2.06. The predicted molar refractivity (Wildman–Crippen MR) is 76.7 cm³/mol. The van der Waals surface area contributed by atoms with Gasteiger partial charge in [-0.25, -0.2) is 4.98 Å². The van der Waals surface area contributed by atoms with Crippen LogP contribution < -0.4 is 10.6 Å². The van der Waals surface area contributed by atoms with E-state index in [1.807, 2.05) is 13.1 Å². The molecule has 4 nitrogen and oxygen atoms in total. The lowest BCUT2D eigenvalue weighted by atomic mass is 10.2. The Morgan fingerprint density at radius 2 is 2.00 bits per heavy atom. The molecule has 2 aromatic heterocycles. The minimum atomic E-state index is 0.733. The van der Waals surface area contributed by atoms with Gasteiger partial charge in [-0.1, -0.05) is 0 Å². The van der Waals surface area contributed by atoms with E-state index < -0.39 is 0 Å². The molecule has 0 atom stereocenters. The second kappa shape index (κ2) is 4.62. The van der Waals surface area contributed by atoms with Crippen LogP contribution >= 0.6 is 11.3 Å². The third-order valence-corrected chi connectivity index (χ3v) is 3.51. The normalized spacial score (nSPS) is 10.5. The van der Waals surface area contributed by atoms with E-state index in [0.717, 1.165) is 17.3 Å². The number of hydrogen-bond acceptors (Lipinski definition) is 5. The molecule has 0 aliphatic carbocycles. The third-order valence-electron chi connectivity index (χ3n) is 2.62. The fourth-order valence-corrected chi connectivity index (χ4v) is 2.51. The molecule has 0 fully saturated rings. The van der Waals surface area contributed by atoms with Gasteiger partial charge in [0.25, 0.3) is 0 Å². The van der Waals surface area contributed by atoms with Crippen LogP contribution in [0.3, 0.4) is 0 Å². The highest BCUT2D eigenvalue weighted by Crippen LogP contribution is 2.25. The topological polar surface area (TPSA) is 49.8 Å². The van der Waals surface area contributed by atoms with Gasteiger partial charge in [0, 0.05) is 17.4 Å². The molecule has 2 heterocycles. The average Bonchev–Trinajstić information content (AvgIpc) is 2.86. The van der Waals surface area contributed by atoms with Crippen molar-refractivity contribution >= 4 is 38.7 Å². The van der Waals surface area contributed by atoms with Gasteiger partial charge < -0.3 is 10.6 Å². The first kappa shape index (κ1) is 11.0. The Bertz CT molecular complexity index is 677. The monoisotopic (exact) mass is 256 g/mol. The Morgan fingerprint density at radius 3 is 2.89 bits per heavy atom. The van der Waals surface area contributed by atoms with Crippen LogP contribution in [-0.4, -0.2) is 17.0 Å². The van der Waals surface area contributed by atoms with Crippen LogP contribution in [-0.2, 0) is 0 Å². The van der Waals surface area contributed by atoms with Gasteiger partial charge in [-0.05, 0) is 35.0 Å². The first-order valence-electron chi connectivity index (χ1n) is 5.59. The van der Waals surface area contributed by atoms with E-state index in [4.69, 9.17) is 0 Å². The number of nitrogens with zero attached hydrogens (tertiary/aromatic N) is 2. The number of rotatable bonds is 3. The predicted octanol–water partition coefficient (Wildman–Crippen LogP) is 3.48. The van der Waals surface area contributed by atoms with Crippen LogP contribution in [0.5, 0.6) is 0 Å². The molecule has 0 spiro atoms. The Balaban J connectivity index is 1.90. The van der Waals surface area contributed by atoms with Gasteiger partial charge in [-0.15, -0.1) is 11.3 Å². The minimum absolute atomic E-state index is 0.733. The molecule has 0 radical (unpaired) electrons. The molecule has 0 saturated carbocycles. The van der Waals surface area contributed by atoms with Gasteiger partial charge in [0.15, 0.2) is 5.82 Å². The van der Waals surface area contributed by atoms with Crippen molar-refractivity contribution in [1.29, 1.82) is 0 Å². The summed E-state index contributed by atoms with van der Waals surface area (Å²) in [6, 6.07) is 8.38. The zero-order valence-corrected chi connectivity index (χ0v) is 10.7. The third kappa shape index (κ3) is 2.12. The minimum Gasteiger partial charge on any atom is -0.372 e. The van der Waals surface area contributed by atoms with Crippen molar-refractivity contribution in [2.75, 3.05) is 17.7 Å². The molecule has 0 bridgehead atoms. The van der Waals surface area contributed by atoms with E-state index >= 15 is 0 Å². The van der Waals surface area contributed by atoms with Crippen LogP contribution in [0.1, 0.15) is 0 Å². The summed E-state index contributed by atoms with van der Waals surface area (Å²) < 4.78 is 1.29. The fraction of sp³-hybridized carbons (Fsp3) is 0.0769. The number of benzene rings is 1. The maximum atomic E-state index is 4.37. The van der Waals surface area contributed by atoms with E-state index in [1.165, 1.54) is 10.1 Å². The molecule has 0 aliphatic rings. The largest absolute Gasteiger partial charge is 0.372 e. The van der Waals surface area contributed by atoms with Crippen molar-refractivity contribution in [3.05, 3.63) is 42.0 Å². The van der Waals surface area contributed by atoms with Gasteiger partial charge in [-0.2, -0.15) is 0 Å². The Hall–Kier alpha value is -2.14. The second-order valence-corrected chi connectivity index (χ2v) is 4.79. The first-order chi connectivity index (χ1) is 8.85. The van der Waals surface area contributed by atoms with Crippen LogP contribution in [0.25, 0.3) is 10.1 Å². The van der Waals surface area contributed by atoms with E-state index in [9.17, 15) is 0 Å². The molecular formula is C13H12N4S. The number of fused-ring (bicyclic) bond motifs is 1. The standard InChI is InChI=1S/C13H12N4S/c1-14-12-7-15-8-13(17-12)16-10-2-3-11-9(6-10)4-5-18-11/h2-8H,1H3,(H2,14,16,17). The van der Waals surface area contributed by atoms with Gasteiger partial charge in [0.1, 0.15) is 5.82 Å². The van der Waals surface area contributed by atoms with E-state index in [0.29, 0.717) is 0 Å². The van der Waals surface area contributed by atoms with E-state index in [2.05, 4.69) is 44.2 Å². The van der Waals surface area contributed by atoms with E-state index in [1.54, 1.807) is 23.7 Å². The molecule has 0 saturated heterocycles. The number of aromatic nitrogens is 2. The van der Waals surface area contributed by atoms with Crippen molar-refractivity contribution in [2.45, 2.75) is 0 Å². The van der Waals surface area contributed by atoms with Crippen molar-refractivity contribution in [3.8, 4) is 0 Å². The van der Waals surface area contributed by atoms with Crippen molar-refractivity contribution < 1.29 is 0 Å². The van der Waals surface area contributed by atoms with E-state index in [-0.39, 0.29) is 0 Å². The summed E-state index contributed by atoms with van der Waals surface area (Å²) in [6.07, 6.45) is 3.39. The highest BCUT2D eigenvalue weighted by atomic mass is 32.1. The second-order valence-electron chi connectivity index (χ2n) is 3.84. The zero-order chi connectivity index (χ0) is 12.4. The molecule has 5 heteroatoms. The molecule has 90 valence electrons. The Kier molecular flexibility index (Phi) is 2.82. The highest BCUT2D eigenvalue weighted by molar-refractivity contribution is 7.17. The van der Waals surface area contributed by atoms with Crippen LogP contribution in [0.2, 0.25) is 0 Å². The van der Waals surface area contributed by atoms with Crippen molar-refractivity contribution in [1.82, 2.24) is 9.97 Å². The van der Waals surface area contributed by atoms with Crippen LogP contribution in [0, 0.1) is 0 Å². The number of hydrogen-bond donors (Lipinski definition) is 2. The summed E-state index contributed by atoms with van der Waals surface area (Å²) in [4.78, 5) is 8.49. The maximum absolute atomic E-state index is 4.37. The summed E-state index contributed by atoms with van der Waals surface area (Å²) in [6.45, 7) is 0. The quantitative estimate of drug-likeness (QED) is 0.753. The van der Waals surface area contributed by atoms with Crippen LogP contribution in [0.4, 0.5) is 17.3 Å². The van der Waals surface area contributed by atoms with Gasteiger partial charge >= 0.3 is 0 Å². The molecule has 0 aliphatic heterocycles. The summed E-state index contributed by atoms with van der Waals surface area (Å²) in [5, 5.41) is 9.55. The fourth-order valence-electron chi connectivity index (χ4n) is 1.74. The summed E-state index contributed by atoms with van der Waals surface area (Å²) in [5.74, 6) is 1.48. The molecule has 3 rings (SSSR count). The SMILES string of the molecule is CNc1cncc(Nc2ccc3sccc3c2)n1. The van der Waals surface area contributed by atoms with Gasteiger partial charge in [-0.3, -0.25) is 4.98 Å². The summed E-state index contributed by atoms with van der Waals surface area (Å²) in [5.41, 5.74) is 1.02. The average molecular weight is 256 g/mol. The van der Waals surface area contributed by atoms with Gasteiger partial charge in [0.2, 0.25) is 0 Å². The molecule has 3 aromatic rings. The molecule has 0 amide bonds. The summed E-state index contributed by atoms with van der Waals surface area (Å²) >= 11 is 1.74. The number of nitrogens with one attached hydrogen (secondary N) is 2. The zero-order valence-electron chi connectivity index (χ0n) is 9.84. The highest BCUT2D eigenvalue weighted by Gasteiger charge is 2.00. The smallest absolute Gasteiger partial charge is 0.151 e. The molecular weight excluding hydrogens is 244 g/mol. The molecule has 18 heavy (non-hydrogen) atoms. The lowest BCUT2D eigenvalue weighted by molar-refractivity contribution is 1.18. The van der Waals surface area contributed by atoms with Crippen molar-refractivity contribution in [3.63, 3.8) is 0 Å². The lowest BCUT2D eigenvalue weighted by Crippen LogP contribution is -1.98.